The maximum atomic E-state index is 12.1. The Balaban J connectivity index is 1.77. The number of hydrazone groups is 1. The Labute approximate surface area is 165 Å². The number of aryl methyl sites for hydroxylation is 1. The molecule has 0 aliphatic carbocycles. The summed E-state index contributed by atoms with van der Waals surface area (Å²) in [6, 6.07) is 16.8. The van der Waals surface area contributed by atoms with Crippen molar-refractivity contribution in [1.82, 2.24) is 9.99 Å². The van der Waals surface area contributed by atoms with Crippen molar-refractivity contribution in [2.45, 2.75) is 13.8 Å². The monoisotopic (exact) mass is 429 g/mol. The molecule has 0 atom stereocenters. The highest BCUT2D eigenvalue weighted by Crippen LogP contribution is 2.21. The van der Waals surface area contributed by atoms with Crippen LogP contribution in [-0.4, -0.2) is 16.7 Å². The van der Waals surface area contributed by atoms with E-state index in [1.54, 1.807) is 18.3 Å². The molecule has 0 aliphatic rings. The number of rotatable bonds is 4. The predicted molar refractivity (Wildman–Crippen MR) is 109 cm³/mol. The van der Waals surface area contributed by atoms with Crippen molar-refractivity contribution in [1.29, 1.82) is 0 Å². The Bertz CT molecular complexity index is 960. The number of hydrogen-bond donors (Lipinski definition) is 1. The zero-order chi connectivity index (χ0) is 18.7. The average molecular weight is 431 g/mol. The fourth-order valence-corrected chi connectivity index (χ4v) is 3.12. The van der Waals surface area contributed by atoms with E-state index in [1.807, 2.05) is 56.3 Å². The summed E-state index contributed by atoms with van der Waals surface area (Å²) in [4.78, 5) is 12.1. The number of carbonyl (C=O) groups excluding carboxylic acids is 1. The van der Waals surface area contributed by atoms with Crippen LogP contribution in [0.5, 0.6) is 0 Å². The van der Waals surface area contributed by atoms with Crippen molar-refractivity contribution in [3.8, 4) is 5.69 Å². The van der Waals surface area contributed by atoms with Crippen LogP contribution in [0.1, 0.15) is 27.3 Å². The average Bonchev–Trinajstić information content (AvgIpc) is 2.90. The van der Waals surface area contributed by atoms with E-state index in [9.17, 15) is 4.79 Å². The minimum absolute atomic E-state index is 0.250. The molecule has 6 heteroatoms. The molecular weight excluding hydrogens is 414 g/mol. The summed E-state index contributed by atoms with van der Waals surface area (Å²) < 4.78 is 3.04. The highest BCUT2D eigenvalue weighted by atomic mass is 79.9. The summed E-state index contributed by atoms with van der Waals surface area (Å²) >= 11 is 9.32. The Morgan fingerprint density at radius 1 is 1.12 bits per heavy atom. The van der Waals surface area contributed by atoms with Crippen molar-refractivity contribution in [3.05, 3.63) is 86.6 Å². The molecule has 1 aromatic heterocycles. The first-order chi connectivity index (χ1) is 12.5. The van der Waals surface area contributed by atoms with Crippen LogP contribution < -0.4 is 5.43 Å². The first kappa shape index (κ1) is 18.4. The summed E-state index contributed by atoms with van der Waals surface area (Å²) in [5.74, 6) is -0.250. The number of aromatic nitrogens is 1. The number of benzene rings is 2. The van der Waals surface area contributed by atoms with E-state index in [0.717, 1.165) is 27.1 Å². The van der Waals surface area contributed by atoms with Crippen LogP contribution in [0.4, 0.5) is 0 Å². The molecule has 2 aromatic carbocycles. The SMILES string of the molecule is Cc1cc(/C=N\NC(=O)c2ccc(Br)cc2)c(C)n1-c1ccc(Cl)cc1. The molecule has 0 aliphatic heterocycles. The lowest BCUT2D eigenvalue weighted by molar-refractivity contribution is 0.0955. The molecule has 3 rings (SSSR count). The van der Waals surface area contributed by atoms with Gasteiger partial charge in [0.2, 0.25) is 0 Å². The summed E-state index contributed by atoms with van der Waals surface area (Å²) in [6.45, 7) is 4.04. The van der Waals surface area contributed by atoms with E-state index in [4.69, 9.17) is 11.6 Å². The van der Waals surface area contributed by atoms with Gasteiger partial charge in [-0.15, -0.1) is 0 Å². The lowest BCUT2D eigenvalue weighted by Gasteiger charge is -2.09. The van der Waals surface area contributed by atoms with E-state index in [1.165, 1.54) is 0 Å². The summed E-state index contributed by atoms with van der Waals surface area (Å²) in [6.07, 6.45) is 1.66. The van der Waals surface area contributed by atoms with E-state index in [0.29, 0.717) is 10.6 Å². The molecule has 132 valence electrons. The Morgan fingerprint density at radius 3 is 2.42 bits per heavy atom. The summed E-state index contributed by atoms with van der Waals surface area (Å²) in [5, 5.41) is 4.80. The van der Waals surface area contributed by atoms with Crippen LogP contribution in [0.2, 0.25) is 5.02 Å². The smallest absolute Gasteiger partial charge is 0.271 e. The molecule has 0 saturated heterocycles. The van der Waals surface area contributed by atoms with Crippen molar-refractivity contribution >= 4 is 39.7 Å². The van der Waals surface area contributed by atoms with Crippen LogP contribution in [0, 0.1) is 13.8 Å². The number of amides is 1. The minimum Gasteiger partial charge on any atom is -0.318 e. The molecule has 26 heavy (non-hydrogen) atoms. The Kier molecular flexibility index (Phi) is 5.59. The number of halogens is 2. The summed E-state index contributed by atoms with van der Waals surface area (Å²) in [7, 11) is 0. The van der Waals surface area contributed by atoms with Crippen LogP contribution in [0.15, 0.2) is 64.2 Å². The molecule has 0 bridgehead atoms. The number of carbonyl (C=O) groups is 1. The van der Waals surface area contributed by atoms with Gasteiger partial charge in [0.15, 0.2) is 0 Å². The molecule has 1 heterocycles. The van der Waals surface area contributed by atoms with Gasteiger partial charge in [0.05, 0.1) is 6.21 Å². The van der Waals surface area contributed by atoms with Crippen molar-refractivity contribution in [2.75, 3.05) is 0 Å². The second-order valence-corrected chi connectivity index (χ2v) is 7.20. The van der Waals surface area contributed by atoms with Gasteiger partial charge in [-0.3, -0.25) is 4.79 Å². The minimum atomic E-state index is -0.250. The molecule has 0 fully saturated rings. The first-order valence-corrected chi connectivity index (χ1v) is 9.16. The van der Waals surface area contributed by atoms with Gasteiger partial charge in [0.1, 0.15) is 0 Å². The Hall–Kier alpha value is -2.37. The lowest BCUT2D eigenvalue weighted by Crippen LogP contribution is -2.17. The number of hydrogen-bond acceptors (Lipinski definition) is 2. The largest absolute Gasteiger partial charge is 0.318 e. The standard InChI is InChI=1S/C20H17BrClN3O/c1-13-11-16(14(2)25(13)19-9-7-18(22)8-10-19)12-23-24-20(26)15-3-5-17(21)6-4-15/h3-12H,1-2H3,(H,24,26)/b23-12-. The van der Waals surface area contributed by atoms with Gasteiger partial charge < -0.3 is 4.57 Å². The van der Waals surface area contributed by atoms with Gasteiger partial charge in [-0.1, -0.05) is 27.5 Å². The quantitative estimate of drug-likeness (QED) is 0.444. The molecule has 4 nitrogen and oxygen atoms in total. The van der Waals surface area contributed by atoms with Gasteiger partial charge in [-0.05, 0) is 68.4 Å². The molecular formula is C20H17BrClN3O. The zero-order valence-electron chi connectivity index (χ0n) is 14.3. The maximum absolute atomic E-state index is 12.1. The van der Waals surface area contributed by atoms with Crippen LogP contribution in [0.25, 0.3) is 5.69 Å². The van der Waals surface area contributed by atoms with Crippen molar-refractivity contribution in [3.63, 3.8) is 0 Å². The molecule has 1 N–H and O–H groups in total. The lowest BCUT2D eigenvalue weighted by atomic mass is 10.2. The van der Waals surface area contributed by atoms with Crippen LogP contribution in [-0.2, 0) is 0 Å². The van der Waals surface area contributed by atoms with E-state index in [2.05, 4.69) is 31.0 Å². The van der Waals surface area contributed by atoms with Crippen molar-refractivity contribution < 1.29 is 4.79 Å². The molecule has 1 amide bonds. The van der Waals surface area contributed by atoms with Gasteiger partial charge in [0.25, 0.3) is 5.91 Å². The van der Waals surface area contributed by atoms with Crippen LogP contribution >= 0.6 is 27.5 Å². The second-order valence-electron chi connectivity index (χ2n) is 5.84. The van der Waals surface area contributed by atoms with Gasteiger partial charge in [0, 0.05) is 37.7 Å². The Morgan fingerprint density at radius 2 is 1.77 bits per heavy atom. The molecule has 0 spiro atoms. The van der Waals surface area contributed by atoms with Crippen LogP contribution in [0.3, 0.4) is 0 Å². The number of nitrogens with zero attached hydrogens (tertiary/aromatic N) is 2. The third-order valence-corrected chi connectivity index (χ3v) is 4.81. The zero-order valence-corrected chi connectivity index (χ0v) is 16.7. The first-order valence-electron chi connectivity index (χ1n) is 7.99. The third kappa shape index (κ3) is 4.06. The van der Waals surface area contributed by atoms with Gasteiger partial charge in [-0.2, -0.15) is 5.10 Å². The molecule has 3 aromatic rings. The second kappa shape index (κ2) is 7.89. The fourth-order valence-electron chi connectivity index (χ4n) is 2.73. The summed E-state index contributed by atoms with van der Waals surface area (Å²) in [5.41, 5.74) is 7.19. The highest BCUT2D eigenvalue weighted by Gasteiger charge is 2.10. The third-order valence-electron chi connectivity index (χ3n) is 4.03. The maximum Gasteiger partial charge on any atom is 0.271 e. The topological polar surface area (TPSA) is 46.4 Å². The molecule has 0 saturated carbocycles. The fraction of sp³-hybridized carbons (Fsp3) is 0.100. The predicted octanol–water partition coefficient (Wildman–Crippen LogP) is 5.27. The molecule has 0 unspecified atom stereocenters. The normalized spacial score (nSPS) is 11.1. The van der Waals surface area contributed by atoms with Gasteiger partial charge >= 0.3 is 0 Å². The van der Waals surface area contributed by atoms with E-state index >= 15 is 0 Å². The van der Waals surface area contributed by atoms with E-state index in [-0.39, 0.29) is 5.91 Å². The van der Waals surface area contributed by atoms with E-state index < -0.39 is 0 Å². The van der Waals surface area contributed by atoms with Crippen molar-refractivity contribution in [2.24, 2.45) is 5.10 Å². The highest BCUT2D eigenvalue weighted by molar-refractivity contribution is 9.10. The number of nitrogens with one attached hydrogen (secondary N) is 1. The molecule has 0 radical (unpaired) electrons. The van der Waals surface area contributed by atoms with Gasteiger partial charge in [-0.25, -0.2) is 5.43 Å².